The smallest absolute Gasteiger partial charge is 0.330 e. The van der Waals surface area contributed by atoms with E-state index in [9.17, 15) is 14.4 Å². The number of carbonyl (C=O) groups excluding carboxylic acids is 3. The van der Waals surface area contributed by atoms with Gasteiger partial charge in [-0.1, -0.05) is 25.8 Å². The van der Waals surface area contributed by atoms with Crippen molar-refractivity contribution in [3.63, 3.8) is 0 Å². The Morgan fingerprint density at radius 3 is 2.58 bits per heavy atom. The number of rotatable bonds is 5. The van der Waals surface area contributed by atoms with Crippen LogP contribution in [0.2, 0.25) is 0 Å². The average molecular weight is 434 g/mol. The van der Waals surface area contributed by atoms with Crippen LogP contribution in [0.15, 0.2) is 11.6 Å². The van der Waals surface area contributed by atoms with Crippen LogP contribution in [0.4, 0.5) is 0 Å². The Bertz CT molecular complexity index is 759. The zero-order valence-corrected chi connectivity index (χ0v) is 20.0. The number of methoxy groups -OCH3 is 1. The molecular formula is C25H39NO5. The predicted octanol–water partition coefficient (Wildman–Crippen LogP) is 3.64. The minimum atomic E-state index is -0.599. The summed E-state index contributed by atoms with van der Waals surface area (Å²) in [6.07, 6.45) is 6.52. The minimum Gasteiger partial charge on any atom is -0.469 e. The molecule has 0 saturated heterocycles. The van der Waals surface area contributed by atoms with Crippen LogP contribution >= 0.6 is 0 Å². The summed E-state index contributed by atoms with van der Waals surface area (Å²) in [5.41, 5.74) is 0.363. The Morgan fingerprint density at radius 2 is 1.94 bits per heavy atom. The molecule has 3 rings (SSSR count). The maximum atomic E-state index is 13.4. The molecule has 6 nitrogen and oxygen atoms in total. The number of nitrogens with zero attached hydrogens (tertiary/aromatic N) is 1. The van der Waals surface area contributed by atoms with Crippen LogP contribution in [-0.2, 0) is 23.9 Å². The number of carbonyl (C=O) groups is 3. The Balaban J connectivity index is 1.81. The van der Waals surface area contributed by atoms with E-state index >= 15 is 0 Å². The molecule has 0 N–H and O–H groups in total. The first-order chi connectivity index (χ1) is 14.5. The van der Waals surface area contributed by atoms with Crippen molar-refractivity contribution in [2.45, 2.75) is 59.3 Å². The zero-order valence-electron chi connectivity index (χ0n) is 20.0. The molecule has 0 aromatic heterocycles. The van der Waals surface area contributed by atoms with E-state index in [1.54, 1.807) is 6.08 Å². The number of ketones is 1. The quantitative estimate of drug-likeness (QED) is 0.487. The topological polar surface area (TPSA) is 72.9 Å². The normalized spacial score (nSPS) is 39.1. The monoisotopic (exact) mass is 433 g/mol. The summed E-state index contributed by atoms with van der Waals surface area (Å²) >= 11 is 0. The van der Waals surface area contributed by atoms with Gasteiger partial charge < -0.3 is 14.4 Å². The summed E-state index contributed by atoms with van der Waals surface area (Å²) in [6, 6.07) is 0. The molecule has 6 heteroatoms. The molecule has 174 valence electrons. The molecule has 6 atom stereocenters. The molecule has 0 heterocycles. The highest BCUT2D eigenvalue weighted by atomic mass is 16.5. The fraction of sp³-hybridized carbons (Fsp3) is 0.800. The van der Waals surface area contributed by atoms with Crippen molar-refractivity contribution >= 4 is 17.7 Å². The molecule has 0 aromatic carbocycles. The number of hydrogen-bond acceptors (Lipinski definition) is 6. The second-order valence-electron chi connectivity index (χ2n) is 10.6. The Labute approximate surface area is 186 Å². The Hall–Kier alpha value is -1.69. The number of likely N-dealkylation sites (N-methyl/N-ethyl adjacent to an activating group) is 1. The van der Waals surface area contributed by atoms with Crippen molar-refractivity contribution in [1.29, 1.82) is 0 Å². The van der Waals surface area contributed by atoms with Crippen LogP contribution in [0.1, 0.15) is 59.3 Å². The third-order valence-electron chi connectivity index (χ3n) is 8.64. The van der Waals surface area contributed by atoms with Gasteiger partial charge in [0.25, 0.3) is 0 Å². The van der Waals surface area contributed by atoms with Gasteiger partial charge in [0.2, 0.25) is 0 Å². The highest BCUT2D eigenvalue weighted by Crippen LogP contribution is 2.64. The number of fused-ring (bicyclic) bond motifs is 3. The molecule has 3 aliphatic rings. The molecule has 3 aliphatic carbocycles. The lowest BCUT2D eigenvalue weighted by Crippen LogP contribution is -2.59. The van der Waals surface area contributed by atoms with Crippen molar-refractivity contribution < 1.29 is 23.9 Å². The Morgan fingerprint density at radius 1 is 1.23 bits per heavy atom. The first-order valence-corrected chi connectivity index (χ1v) is 11.7. The molecule has 31 heavy (non-hydrogen) atoms. The first kappa shape index (κ1) is 24.0. The minimum absolute atomic E-state index is 0.0173. The van der Waals surface area contributed by atoms with Crippen LogP contribution in [0, 0.1) is 34.5 Å². The number of ether oxygens (including phenoxy) is 2. The highest BCUT2D eigenvalue weighted by Gasteiger charge is 2.62. The van der Waals surface area contributed by atoms with E-state index in [1.807, 2.05) is 25.9 Å². The van der Waals surface area contributed by atoms with Gasteiger partial charge >= 0.3 is 11.9 Å². The van der Waals surface area contributed by atoms with Crippen molar-refractivity contribution in [3.8, 4) is 0 Å². The number of Topliss-reactive ketones (excluding diaryl/α,β-unsaturated/α-hetero) is 1. The maximum absolute atomic E-state index is 13.4. The van der Waals surface area contributed by atoms with Gasteiger partial charge in [-0.25, -0.2) is 4.79 Å². The molecule has 3 fully saturated rings. The van der Waals surface area contributed by atoms with Crippen molar-refractivity contribution in [3.05, 3.63) is 11.6 Å². The molecule has 6 unspecified atom stereocenters. The summed E-state index contributed by atoms with van der Waals surface area (Å²) in [4.78, 5) is 40.4. The molecule has 0 aromatic rings. The van der Waals surface area contributed by atoms with Crippen LogP contribution < -0.4 is 0 Å². The molecule has 0 spiro atoms. The Kier molecular flexibility index (Phi) is 6.99. The fourth-order valence-corrected chi connectivity index (χ4v) is 6.91. The third kappa shape index (κ3) is 4.33. The average Bonchev–Trinajstić information content (AvgIpc) is 2.70. The second-order valence-corrected chi connectivity index (χ2v) is 10.6. The molecule has 0 bridgehead atoms. The van der Waals surface area contributed by atoms with E-state index in [0.29, 0.717) is 19.6 Å². The summed E-state index contributed by atoms with van der Waals surface area (Å²) in [6.45, 7) is 7.42. The van der Waals surface area contributed by atoms with E-state index in [4.69, 9.17) is 9.47 Å². The van der Waals surface area contributed by atoms with Crippen molar-refractivity contribution in [2.75, 3.05) is 34.4 Å². The van der Waals surface area contributed by atoms with Gasteiger partial charge in [0.05, 0.1) is 12.5 Å². The number of allylic oxidation sites excluding steroid dienone is 1. The molecule has 0 amide bonds. The summed E-state index contributed by atoms with van der Waals surface area (Å²) in [5, 5.41) is 0. The van der Waals surface area contributed by atoms with Crippen LogP contribution in [-0.4, -0.2) is 57.0 Å². The van der Waals surface area contributed by atoms with Crippen LogP contribution in [0.25, 0.3) is 0 Å². The SMILES string of the molecule is COC(=O)C1(C)CCCC2(C)C3CCC(=CC(=O)OCCN(C)C)C(C)C3C(=O)CC12. The molecule has 0 aliphatic heterocycles. The van der Waals surface area contributed by atoms with Gasteiger partial charge in [0.15, 0.2) is 0 Å². The first-order valence-electron chi connectivity index (χ1n) is 11.7. The lowest BCUT2D eigenvalue weighted by Gasteiger charge is -2.60. The molecule has 0 radical (unpaired) electrons. The van der Waals surface area contributed by atoms with Crippen LogP contribution in [0.3, 0.4) is 0 Å². The van der Waals surface area contributed by atoms with Gasteiger partial charge in [-0.15, -0.1) is 0 Å². The second kappa shape index (κ2) is 9.05. The van der Waals surface area contributed by atoms with Gasteiger partial charge in [-0.2, -0.15) is 0 Å². The molecule has 3 saturated carbocycles. The lowest BCUT2D eigenvalue weighted by molar-refractivity contribution is -0.178. The van der Waals surface area contributed by atoms with Crippen molar-refractivity contribution in [1.82, 2.24) is 4.90 Å². The lowest BCUT2D eigenvalue weighted by atomic mass is 9.43. The standard InChI is InChI=1S/C25H39NO5/c1-16-17(14-21(28)31-13-12-26(4)5)8-9-18-22(16)19(27)15-20-24(18,2)10-7-11-25(20,3)23(29)30-6/h14,16,18,20,22H,7-13,15H2,1-6H3. The van der Waals surface area contributed by atoms with E-state index in [0.717, 1.165) is 37.7 Å². The largest absolute Gasteiger partial charge is 0.469 e. The van der Waals surface area contributed by atoms with Gasteiger partial charge in [0.1, 0.15) is 12.4 Å². The summed E-state index contributed by atoms with van der Waals surface area (Å²) in [7, 11) is 5.33. The van der Waals surface area contributed by atoms with Gasteiger partial charge in [-0.05, 0) is 69.9 Å². The maximum Gasteiger partial charge on any atom is 0.330 e. The number of esters is 2. The van der Waals surface area contributed by atoms with Crippen LogP contribution in [0.5, 0.6) is 0 Å². The van der Waals surface area contributed by atoms with Crippen molar-refractivity contribution in [2.24, 2.45) is 34.5 Å². The van der Waals surface area contributed by atoms with E-state index in [1.165, 1.54) is 7.11 Å². The van der Waals surface area contributed by atoms with E-state index < -0.39 is 5.41 Å². The predicted molar refractivity (Wildman–Crippen MR) is 118 cm³/mol. The van der Waals surface area contributed by atoms with E-state index in [2.05, 4.69) is 13.8 Å². The summed E-state index contributed by atoms with van der Waals surface area (Å²) < 4.78 is 10.5. The fourth-order valence-electron chi connectivity index (χ4n) is 6.91. The highest BCUT2D eigenvalue weighted by molar-refractivity contribution is 5.87. The zero-order chi connectivity index (χ0) is 23.0. The summed E-state index contributed by atoms with van der Waals surface area (Å²) in [5.74, 6) is -0.0650. The van der Waals surface area contributed by atoms with E-state index in [-0.39, 0.29) is 46.8 Å². The third-order valence-corrected chi connectivity index (χ3v) is 8.64. The van der Waals surface area contributed by atoms with Gasteiger partial charge in [0, 0.05) is 25.0 Å². The number of hydrogen-bond donors (Lipinski definition) is 0. The molecular weight excluding hydrogens is 394 g/mol. The van der Waals surface area contributed by atoms with Gasteiger partial charge in [-0.3, -0.25) is 9.59 Å².